The number of benzene rings is 4. The number of hydrogen-bond acceptors (Lipinski definition) is 2. The molecule has 0 aromatic heterocycles. The van der Waals surface area contributed by atoms with Crippen molar-refractivity contribution in [2.75, 3.05) is 0 Å². The fraction of sp³-hybridized carbons (Fsp3) is 0.0667. The Kier molecular flexibility index (Phi) is 6.53. The molecule has 5 rings (SSSR count). The lowest BCUT2D eigenvalue weighted by molar-refractivity contribution is 0.601. The van der Waals surface area contributed by atoms with Gasteiger partial charge < -0.3 is 4.72 Å². The van der Waals surface area contributed by atoms with E-state index in [1.54, 1.807) is 24.3 Å². The van der Waals surface area contributed by atoms with Gasteiger partial charge in [-0.15, -0.1) is 0 Å². The van der Waals surface area contributed by atoms with E-state index in [1.807, 2.05) is 73.7 Å². The van der Waals surface area contributed by atoms with Crippen LogP contribution in [0.25, 0.3) is 4.72 Å². The lowest BCUT2D eigenvalue weighted by Crippen LogP contribution is -2.34. The normalized spacial score (nSPS) is 15.7. The molecule has 4 aromatic carbocycles. The van der Waals surface area contributed by atoms with Crippen LogP contribution in [-0.2, 0) is 10.0 Å². The average Bonchev–Trinajstić information content (AvgIpc) is 3.34. The SMILES string of the molecule is Cc1ccc(S(=O)(=O)[N-]C2C=CC=C2[P+](c2ccccc2)(c2ccccc2)c2ccccc2)cc1. The number of rotatable bonds is 7. The lowest BCUT2D eigenvalue weighted by atomic mass is 10.2. The maximum atomic E-state index is 13.4. The summed E-state index contributed by atoms with van der Waals surface area (Å²) in [6.45, 7) is 1.94. The van der Waals surface area contributed by atoms with Gasteiger partial charge in [-0.3, -0.25) is 0 Å². The van der Waals surface area contributed by atoms with Gasteiger partial charge in [0.25, 0.3) is 0 Å². The fourth-order valence-electron chi connectivity index (χ4n) is 4.63. The third kappa shape index (κ3) is 4.41. The molecule has 3 nitrogen and oxygen atoms in total. The maximum absolute atomic E-state index is 13.4. The average molecular weight is 496 g/mol. The van der Waals surface area contributed by atoms with Crippen LogP contribution in [0.2, 0.25) is 0 Å². The monoisotopic (exact) mass is 495 g/mol. The smallest absolute Gasteiger partial charge is 0.138 e. The fourth-order valence-corrected chi connectivity index (χ4v) is 10.3. The molecule has 174 valence electrons. The second-order valence-electron chi connectivity index (χ2n) is 8.49. The predicted octanol–water partition coefficient (Wildman–Crippen LogP) is 5.87. The predicted molar refractivity (Wildman–Crippen MR) is 148 cm³/mol. The van der Waals surface area contributed by atoms with Gasteiger partial charge in [0.05, 0.1) is 5.31 Å². The molecule has 4 aromatic rings. The van der Waals surface area contributed by atoms with Crippen molar-refractivity contribution in [2.45, 2.75) is 17.9 Å². The minimum absolute atomic E-state index is 0.214. The molecule has 35 heavy (non-hydrogen) atoms. The summed E-state index contributed by atoms with van der Waals surface area (Å²) >= 11 is 0. The molecule has 0 spiro atoms. The first-order chi connectivity index (χ1) is 17.0. The zero-order valence-corrected chi connectivity index (χ0v) is 21.1. The Bertz CT molecular complexity index is 1370. The van der Waals surface area contributed by atoms with Crippen molar-refractivity contribution in [1.82, 2.24) is 0 Å². The summed E-state index contributed by atoms with van der Waals surface area (Å²) in [7, 11) is -6.25. The van der Waals surface area contributed by atoms with E-state index in [2.05, 4.69) is 47.2 Å². The molecule has 5 heteroatoms. The van der Waals surface area contributed by atoms with Crippen LogP contribution in [0.5, 0.6) is 0 Å². The van der Waals surface area contributed by atoms with Gasteiger partial charge in [0.15, 0.2) is 0 Å². The van der Waals surface area contributed by atoms with E-state index < -0.39 is 23.3 Å². The standard InChI is InChI=1S/C30H26NO2PS/c1-24-20-22-28(23-21-24)35(32,33)31-29-18-11-19-30(29)34(25-12-5-2-6-13-25,26-14-7-3-8-15-26)27-16-9-4-10-17-27/h2-23,29H,1H3. The van der Waals surface area contributed by atoms with Crippen LogP contribution in [-0.4, -0.2) is 14.5 Å². The number of hydrogen-bond donors (Lipinski definition) is 0. The summed E-state index contributed by atoms with van der Waals surface area (Å²) in [5.74, 6) is 0. The van der Waals surface area contributed by atoms with Crippen LogP contribution in [0.3, 0.4) is 0 Å². The summed E-state index contributed by atoms with van der Waals surface area (Å²) in [6, 6.07) is 37.5. The molecule has 0 amide bonds. The van der Waals surface area contributed by atoms with Gasteiger partial charge in [-0.05, 0) is 67.6 Å². The van der Waals surface area contributed by atoms with Crippen molar-refractivity contribution < 1.29 is 8.42 Å². The quantitative estimate of drug-likeness (QED) is 0.301. The Morgan fingerprint density at radius 2 is 1.11 bits per heavy atom. The molecule has 0 saturated heterocycles. The topological polar surface area (TPSA) is 48.2 Å². The molecule has 1 aliphatic carbocycles. The Balaban J connectivity index is 1.69. The molecule has 0 aliphatic heterocycles. The van der Waals surface area contributed by atoms with Crippen LogP contribution in [0.4, 0.5) is 0 Å². The zero-order valence-electron chi connectivity index (χ0n) is 19.4. The van der Waals surface area contributed by atoms with E-state index >= 15 is 0 Å². The second-order valence-corrected chi connectivity index (χ2v) is 13.5. The van der Waals surface area contributed by atoms with E-state index in [4.69, 9.17) is 0 Å². The molecule has 0 fully saturated rings. The molecular formula is C30H26NO2PS. The molecule has 0 heterocycles. The van der Waals surface area contributed by atoms with Crippen molar-refractivity contribution in [3.05, 3.63) is 149 Å². The molecule has 1 atom stereocenters. The van der Waals surface area contributed by atoms with Crippen molar-refractivity contribution in [2.24, 2.45) is 0 Å². The number of allylic oxidation sites excluding steroid dienone is 2. The molecule has 1 aliphatic rings. The lowest BCUT2D eigenvalue weighted by Gasteiger charge is -2.36. The van der Waals surface area contributed by atoms with Gasteiger partial charge in [-0.2, -0.15) is 0 Å². The largest absolute Gasteiger partial charge is 0.532 e. The van der Waals surface area contributed by atoms with Gasteiger partial charge >= 0.3 is 0 Å². The highest BCUT2D eigenvalue weighted by Crippen LogP contribution is 2.65. The first-order valence-corrected chi connectivity index (χ1v) is 14.7. The van der Waals surface area contributed by atoms with Crippen LogP contribution in [0.15, 0.2) is 144 Å². The van der Waals surface area contributed by atoms with Crippen LogP contribution in [0.1, 0.15) is 5.56 Å². The van der Waals surface area contributed by atoms with Crippen molar-refractivity contribution in [3.63, 3.8) is 0 Å². The molecule has 1 unspecified atom stereocenters. The Hall–Kier alpha value is -3.30. The summed E-state index contributed by atoms with van der Waals surface area (Å²) in [5, 5.41) is 4.51. The summed E-state index contributed by atoms with van der Waals surface area (Å²) in [5.41, 5.74) is 1.01. The minimum Gasteiger partial charge on any atom is -0.532 e. The van der Waals surface area contributed by atoms with E-state index in [-0.39, 0.29) is 4.90 Å². The molecular weight excluding hydrogens is 469 g/mol. The second kappa shape index (κ2) is 9.75. The minimum atomic E-state index is -3.85. The third-order valence-corrected chi connectivity index (χ3v) is 12.0. The van der Waals surface area contributed by atoms with E-state index in [0.29, 0.717) is 0 Å². The van der Waals surface area contributed by atoms with E-state index in [0.717, 1.165) is 10.9 Å². The first kappa shape index (κ1) is 23.4. The Morgan fingerprint density at radius 1 is 0.657 bits per heavy atom. The summed E-state index contributed by atoms with van der Waals surface area (Å²) < 4.78 is 31.2. The number of nitrogens with zero attached hydrogens (tertiary/aromatic N) is 1. The van der Waals surface area contributed by atoms with Gasteiger partial charge in [-0.25, -0.2) is 8.42 Å². The van der Waals surface area contributed by atoms with Gasteiger partial charge in [0.2, 0.25) is 0 Å². The summed E-state index contributed by atoms with van der Waals surface area (Å²) in [4.78, 5) is 0.214. The summed E-state index contributed by atoms with van der Waals surface area (Å²) in [6.07, 6.45) is 5.90. The number of aryl methyl sites for hydroxylation is 1. The van der Waals surface area contributed by atoms with E-state index in [9.17, 15) is 8.42 Å². The number of sulfonamides is 1. The van der Waals surface area contributed by atoms with Crippen LogP contribution >= 0.6 is 7.26 Å². The Morgan fingerprint density at radius 3 is 1.57 bits per heavy atom. The van der Waals surface area contributed by atoms with Gasteiger partial charge in [-0.1, -0.05) is 84.4 Å². The highest BCUT2D eigenvalue weighted by atomic mass is 32.2. The van der Waals surface area contributed by atoms with E-state index in [1.165, 1.54) is 15.9 Å². The highest BCUT2D eigenvalue weighted by molar-refractivity contribution is 7.99. The highest BCUT2D eigenvalue weighted by Gasteiger charge is 2.50. The van der Waals surface area contributed by atoms with Crippen LogP contribution in [0, 0.1) is 6.92 Å². The molecule has 0 radical (unpaired) electrons. The zero-order chi connectivity index (χ0) is 24.3. The van der Waals surface area contributed by atoms with Crippen molar-refractivity contribution in [3.8, 4) is 0 Å². The Labute approximate surface area is 208 Å². The van der Waals surface area contributed by atoms with Crippen molar-refractivity contribution in [1.29, 1.82) is 0 Å². The molecule has 0 N–H and O–H groups in total. The molecule has 0 bridgehead atoms. The third-order valence-electron chi connectivity index (χ3n) is 6.25. The first-order valence-electron chi connectivity index (χ1n) is 11.5. The van der Waals surface area contributed by atoms with Gasteiger partial charge in [0, 0.05) is 4.90 Å². The van der Waals surface area contributed by atoms with Crippen LogP contribution < -0.4 is 15.9 Å². The molecule has 0 saturated carbocycles. The van der Waals surface area contributed by atoms with Gasteiger partial charge in [0.1, 0.15) is 33.2 Å². The van der Waals surface area contributed by atoms with Crippen molar-refractivity contribution >= 4 is 33.2 Å². The maximum Gasteiger partial charge on any atom is 0.138 e.